The van der Waals surface area contributed by atoms with Gasteiger partial charge in [-0.05, 0) is 55.4 Å². The minimum absolute atomic E-state index is 0.209. The SMILES string of the molecule is O=C1CCC[C@@H]2[C@H](Cc3ccccc3)[C@@H](O)C[C@@H]3CCN1[C@@H]32. The fourth-order valence-corrected chi connectivity index (χ4v) is 5.22. The number of carbonyl (C=O) groups excluding carboxylic acids is 1. The molecule has 3 nitrogen and oxygen atoms in total. The summed E-state index contributed by atoms with van der Waals surface area (Å²) < 4.78 is 0. The summed E-state index contributed by atoms with van der Waals surface area (Å²) in [5.41, 5.74) is 1.31. The molecule has 1 aromatic rings. The van der Waals surface area contributed by atoms with Crippen LogP contribution in [0.15, 0.2) is 30.3 Å². The van der Waals surface area contributed by atoms with Crippen molar-refractivity contribution in [2.75, 3.05) is 6.54 Å². The van der Waals surface area contributed by atoms with Crippen molar-refractivity contribution in [2.45, 2.75) is 50.7 Å². The van der Waals surface area contributed by atoms with Crippen LogP contribution in [0.4, 0.5) is 0 Å². The third-order valence-corrected chi connectivity index (χ3v) is 6.17. The average molecular weight is 299 g/mol. The van der Waals surface area contributed by atoms with E-state index in [0.717, 1.165) is 38.6 Å². The molecular formula is C19H25NO2. The van der Waals surface area contributed by atoms with Gasteiger partial charge in [0.25, 0.3) is 0 Å². The first kappa shape index (κ1) is 14.3. The first-order valence-electron chi connectivity index (χ1n) is 8.75. The Labute approximate surface area is 132 Å². The molecule has 2 heterocycles. The summed E-state index contributed by atoms with van der Waals surface area (Å²) in [5.74, 6) is 1.65. The normalized spacial score (nSPS) is 37.8. The number of hydrogen-bond acceptors (Lipinski definition) is 2. The van der Waals surface area contributed by atoms with Crippen LogP contribution in [0.3, 0.4) is 0 Å². The van der Waals surface area contributed by atoms with Crippen LogP contribution >= 0.6 is 0 Å². The summed E-state index contributed by atoms with van der Waals surface area (Å²) in [4.78, 5) is 14.5. The number of hydrogen-bond donors (Lipinski definition) is 1. The Hall–Kier alpha value is -1.35. The van der Waals surface area contributed by atoms with Crippen molar-refractivity contribution < 1.29 is 9.90 Å². The van der Waals surface area contributed by atoms with Crippen LogP contribution in [0.1, 0.15) is 37.7 Å². The number of nitrogens with zero attached hydrogens (tertiary/aromatic N) is 1. The second kappa shape index (κ2) is 5.69. The van der Waals surface area contributed by atoms with Crippen LogP contribution < -0.4 is 0 Å². The van der Waals surface area contributed by atoms with Crippen molar-refractivity contribution in [3.8, 4) is 0 Å². The average Bonchev–Trinajstić information content (AvgIpc) is 2.86. The lowest BCUT2D eigenvalue weighted by Gasteiger charge is -2.45. The Balaban J connectivity index is 1.62. The molecule has 3 heteroatoms. The summed E-state index contributed by atoms with van der Waals surface area (Å²) in [6, 6.07) is 10.9. The maximum absolute atomic E-state index is 12.3. The Kier molecular flexibility index (Phi) is 3.69. The topological polar surface area (TPSA) is 40.5 Å². The van der Waals surface area contributed by atoms with Gasteiger partial charge in [0.1, 0.15) is 0 Å². The Bertz CT molecular complexity index is 544. The molecular weight excluding hydrogens is 274 g/mol. The quantitative estimate of drug-likeness (QED) is 0.912. The van der Waals surface area contributed by atoms with E-state index in [1.807, 2.05) is 6.07 Å². The molecule has 2 saturated heterocycles. The largest absolute Gasteiger partial charge is 0.393 e. The third kappa shape index (κ3) is 2.36. The molecule has 1 saturated carbocycles. The predicted octanol–water partition coefficient (Wildman–Crippen LogP) is 2.63. The van der Waals surface area contributed by atoms with Gasteiger partial charge in [-0.15, -0.1) is 0 Å². The summed E-state index contributed by atoms with van der Waals surface area (Å²) >= 11 is 0. The second-order valence-corrected chi connectivity index (χ2v) is 7.34. The number of rotatable bonds is 2. The highest BCUT2D eigenvalue weighted by Gasteiger charge is 2.51. The molecule has 0 radical (unpaired) electrons. The Morgan fingerprint density at radius 2 is 2.00 bits per heavy atom. The Morgan fingerprint density at radius 1 is 1.18 bits per heavy atom. The van der Waals surface area contributed by atoms with Gasteiger partial charge in [0, 0.05) is 19.0 Å². The highest BCUT2D eigenvalue weighted by Crippen LogP contribution is 2.47. The summed E-state index contributed by atoms with van der Waals surface area (Å²) in [7, 11) is 0. The van der Waals surface area contributed by atoms with Crippen molar-refractivity contribution >= 4 is 5.91 Å². The van der Waals surface area contributed by atoms with Crippen LogP contribution in [-0.4, -0.2) is 34.6 Å². The van der Waals surface area contributed by atoms with E-state index >= 15 is 0 Å². The zero-order valence-electron chi connectivity index (χ0n) is 13.0. The highest BCUT2D eigenvalue weighted by molar-refractivity contribution is 5.77. The van der Waals surface area contributed by atoms with Crippen molar-refractivity contribution in [3.05, 3.63) is 35.9 Å². The first-order valence-corrected chi connectivity index (χ1v) is 8.75. The second-order valence-electron chi connectivity index (χ2n) is 7.34. The molecule has 22 heavy (non-hydrogen) atoms. The lowest BCUT2D eigenvalue weighted by molar-refractivity contribution is -0.134. The van der Waals surface area contributed by atoms with Gasteiger partial charge in [-0.25, -0.2) is 0 Å². The molecule has 3 aliphatic rings. The molecule has 2 aliphatic heterocycles. The van der Waals surface area contributed by atoms with Crippen LogP contribution in [-0.2, 0) is 11.2 Å². The number of aliphatic hydroxyl groups excluding tert-OH is 1. The van der Waals surface area contributed by atoms with E-state index in [2.05, 4.69) is 29.2 Å². The number of amides is 1. The van der Waals surface area contributed by atoms with E-state index < -0.39 is 0 Å². The predicted molar refractivity (Wildman–Crippen MR) is 85.2 cm³/mol. The first-order chi connectivity index (χ1) is 10.7. The summed E-state index contributed by atoms with van der Waals surface area (Å²) in [6.07, 6.45) is 5.48. The fraction of sp³-hybridized carbons (Fsp3) is 0.632. The molecule has 1 aromatic carbocycles. The van der Waals surface area contributed by atoms with E-state index in [9.17, 15) is 9.90 Å². The van der Waals surface area contributed by atoms with Gasteiger partial charge in [-0.2, -0.15) is 0 Å². The van der Waals surface area contributed by atoms with Crippen molar-refractivity contribution in [3.63, 3.8) is 0 Å². The van der Waals surface area contributed by atoms with Crippen LogP contribution in [0.25, 0.3) is 0 Å². The van der Waals surface area contributed by atoms with E-state index in [1.165, 1.54) is 5.56 Å². The monoisotopic (exact) mass is 299 g/mol. The minimum atomic E-state index is -0.209. The molecule has 5 atom stereocenters. The van der Waals surface area contributed by atoms with E-state index in [0.29, 0.717) is 36.1 Å². The molecule has 1 amide bonds. The Morgan fingerprint density at radius 3 is 2.82 bits per heavy atom. The van der Waals surface area contributed by atoms with Gasteiger partial charge in [0.2, 0.25) is 5.91 Å². The standard InChI is InChI=1S/C19H25NO2/c21-17-12-14-9-10-20-18(22)8-4-7-15(19(14)20)16(17)11-13-5-2-1-3-6-13/h1-3,5-6,14-17,19,21H,4,7-12H2/t14-,15+,16-,17-,19-/m0/s1. The van der Waals surface area contributed by atoms with Gasteiger partial charge in [-0.3, -0.25) is 4.79 Å². The maximum atomic E-state index is 12.3. The van der Waals surface area contributed by atoms with Gasteiger partial charge < -0.3 is 10.0 Å². The van der Waals surface area contributed by atoms with Crippen LogP contribution in [0, 0.1) is 17.8 Å². The molecule has 0 unspecified atom stereocenters. The van der Waals surface area contributed by atoms with Gasteiger partial charge >= 0.3 is 0 Å². The van der Waals surface area contributed by atoms with E-state index in [1.54, 1.807) is 0 Å². The van der Waals surface area contributed by atoms with Crippen molar-refractivity contribution in [1.29, 1.82) is 0 Å². The molecule has 0 spiro atoms. The fourth-order valence-electron chi connectivity index (χ4n) is 5.22. The molecule has 1 N–H and O–H groups in total. The zero-order chi connectivity index (χ0) is 15.1. The minimum Gasteiger partial charge on any atom is -0.393 e. The lowest BCUT2D eigenvalue weighted by Crippen LogP contribution is -2.51. The van der Waals surface area contributed by atoms with Crippen molar-refractivity contribution in [1.82, 2.24) is 4.90 Å². The molecule has 1 aliphatic carbocycles. The summed E-state index contributed by atoms with van der Waals surface area (Å²) in [5, 5.41) is 10.7. The number of aliphatic hydroxyl groups is 1. The molecule has 0 aromatic heterocycles. The van der Waals surface area contributed by atoms with Crippen molar-refractivity contribution in [2.24, 2.45) is 17.8 Å². The number of benzene rings is 1. The third-order valence-electron chi connectivity index (χ3n) is 6.17. The van der Waals surface area contributed by atoms with Gasteiger partial charge in [0.05, 0.1) is 6.10 Å². The molecule has 4 rings (SSSR count). The maximum Gasteiger partial charge on any atom is 0.222 e. The summed E-state index contributed by atoms with van der Waals surface area (Å²) in [6.45, 7) is 0.912. The highest BCUT2D eigenvalue weighted by atomic mass is 16.3. The van der Waals surface area contributed by atoms with E-state index in [4.69, 9.17) is 0 Å². The molecule has 3 fully saturated rings. The van der Waals surface area contributed by atoms with Crippen LogP contribution in [0.5, 0.6) is 0 Å². The van der Waals surface area contributed by atoms with Gasteiger partial charge in [-0.1, -0.05) is 30.3 Å². The zero-order valence-corrected chi connectivity index (χ0v) is 13.0. The molecule has 118 valence electrons. The van der Waals surface area contributed by atoms with Gasteiger partial charge in [0.15, 0.2) is 0 Å². The lowest BCUT2D eigenvalue weighted by atomic mass is 9.66. The van der Waals surface area contributed by atoms with E-state index in [-0.39, 0.29) is 6.10 Å². The molecule has 0 bridgehead atoms. The number of carbonyl (C=O) groups is 1. The smallest absolute Gasteiger partial charge is 0.222 e. The van der Waals surface area contributed by atoms with Crippen LogP contribution in [0.2, 0.25) is 0 Å².